The molecule has 0 N–H and O–H groups in total. The number of nitrogens with zero attached hydrogens (tertiary/aromatic N) is 3. The van der Waals surface area contributed by atoms with Gasteiger partial charge >= 0.3 is 0 Å². The summed E-state index contributed by atoms with van der Waals surface area (Å²) in [6, 6.07) is 49.9. The van der Waals surface area contributed by atoms with E-state index in [0.717, 1.165) is 74.4 Å². The van der Waals surface area contributed by atoms with Crippen molar-refractivity contribution in [2.45, 2.75) is 57.8 Å². The predicted octanol–water partition coefficient (Wildman–Crippen LogP) is 11.3. The Kier molecular flexibility index (Phi) is 10.2. The molecule has 0 aliphatic carbocycles. The number of hydrogen-bond acceptors (Lipinski definition) is 4. The van der Waals surface area contributed by atoms with Crippen LogP contribution in [0.4, 0.5) is 0 Å². The first-order valence-corrected chi connectivity index (χ1v) is 18.3. The number of carbonyl (C=O) groups is 1. The molecule has 7 aromatic rings. The van der Waals surface area contributed by atoms with Crippen LogP contribution in [0, 0.1) is 0 Å². The molecule has 0 aliphatic rings. The number of pyridine rings is 3. The van der Waals surface area contributed by atoms with Gasteiger partial charge in [0.2, 0.25) is 0 Å². The highest BCUT2D eigenvalue weighted by molar-refractivity contribution is 5.98. The minimum atomic E-state index is -0.213. The second-order valence-corrected chi connectivity index (χ2v) is 15.3. The van der Waals surface area contributed by atoms with E-state index < -0.39 is 0 Å². The molecule has 0 radical (unpaired) electrons. The number of ketones is 1. The summed E-state index contributed by atoms with van der Waals surface area (Å²) in [7, 11) is 0. The van der Waals surface area contributed by atoms with Crippen molar-refractivity contribution in [3.05, 3.63) is 198 Å². The molecule has 4 heteroatoms. The third-order valence-corrected chi connectivity index (χ3v) is 10.2. The van der Waals surface area contributed by atoms with Crippen molar-refractivity contribution in [2.24, 2.45) is 0 Å². The van der Waals surface area contributed by atoms with Gasteiger partial charge in [-0.25, -0.2) is 0 Å². The fourth-order valence-corrected chi connectivity index (χ4v) is 7.15. The van der Waals surface area contributed by atoms with Gasteiger partial charge in [0, 0.05) is 47.3 Å². The summed E-state index contributed by atoms with van der Waals surface area (Å²) in [5.74, 6) is 0.0894. The average Bonchev–Trinajstić information content (AvgIpc) is 3.19. The van der Waals surface area contributed by atoms with Crippen molar-refractivity contribution in [1.82, 2.24) is 15.0 Å². The Hall–Kier alpha value is -6.00. The molecule has 3 heterocycles. The minimum Gasteiger partial charge on any atom is -0.294 e. The van der Waals surface area contributed by atoms with E-state index in [0.29, 0.717) is 0 Å². The maximum Gasteiger partial charge on any atom is 0.167 e. The molecule has 0 fully saturated rings. The van der Waals surface area contributed by atoms with Crippen LogP contribution in [0.1, 0.15) is 65.9 Å². The summed E-state index contributed by atoms with van der Waals surface area (Å²) in [5.41, 5.74) is 12.0. The van der Waals surface area contributed by atoms with Crippen LogP contribution in [0.25, 0.3) is 33.8 Å². The summed E-state index contributed by atoms with van der Waals surface area (Å²) < 4.78 is 0. The highest BCUT2D eigenvalue weighted by Gasteiger charge is 2.26. The molecule has 0 amide bonds. The summed E-state index contributed by atoms with van der Waals surface area (Å²) in [4.78, 5) is 28.1. The van der Waals surface area contributed by atoms with Gasteiger partial charge in [-0.3, -0.25) is 19.7 Å². The highest BCUT2D eigenvalue weighted by Crippen LogP contribution is 2.33. The van der Waals surface area contributed by atoms with Crippen LogP contribution >= 0.6 is 0 Å². The zero-order chi connectivity index (χ0) is 36.8. The first kappa shape index (κ1) is 35.4. The molecule has 0 unspecified atom stereocenters. The van der Waals surface area contributed by atoms with Gasteiger partial charge < -0.3 is 0 Å². The molecule has 4 nitrogen and oxygen atoms in total. The van der Waals surface area contributed by atoms with E-state index in [9.17, 15) is 4.79 Å². The maximum absolute atomic E-state index is 14.0. The number of Topliss-reactive ketones (excluding diaryl/α,β-unsaturated/α-hetero) is 1. The summed E-state index contributed by atoms with van der Waals surface area (Å²) in [6.45, 7) is 9.07. The standard InChI is InChI=1S/C49H45N3O/c1-48(2,42-21-19-40(20-22-42)44-17-11-12-26-50-44)31-36-27-37(32-49(3,4)43-23-25-46(52-34-43)39-15-9-6-10-16-39)29-41(28-36)47(53)30-35-18-24-45(51-33-35)38-13-7-5-8-14-38/h5-29,33-34H,30-32H2,1-4H3. The average molecular weight is 692 g/mol. The van der Waals surface area contributed by atoms with E-state index in [1.54, 1.807) is 0 Å². The lowest BCUT2D eigenvalue weighted by Crippen LogP contribution is -2.23. The Balaban J connectivity index is 1.16. The topological polar surface area (TPSA) is 55.7 Å². The third-order valence-electron chi connectivity index (χ3n) is 10.2. The van der Waals surface area contributed by atoms with Gasteiger partial charge in [-0.2, -0.15) is 0 Å². The Labute approximate surface area is 313 Å². The smallest absolute Gasteiger partial charge is 0.167 e. The fraction of sp³-hybridized carbons (Fsp3) is 0.184. The summed E-state index contributed by atoms with van der Waals surface area (Å²) in [5, 5.41) is 0. The maximum atomic E-state index is 14.0. The molecule has 7 rings (SSSR count). The Morgan fingerprint density at radius 1 is 0.472 bits per heavy atom. The molecule has 0 saturated carbocycles. The number of aromatic nitrogens is 3. The molecule has 262 valence electrons. The van der Waals surface area contributed by atoms with Gasteiger partial charge in [0.25, 0.3) is 0 Å². The van der Waals surface area contributed by atoms with E-state index in [2.05, 4.69) is 104 Å². The molecule has 4 aromatic carbocycles. The van der Waals surface area contributed by atoms with E-state index in [1.165, 1.54) is 5.56 Å². The molecule has 53 heavy (non-hydrogen) atoms. The van der Waals surface area contributed by atoms with Gasteiger partial charge in [0.15, 0.2) is 5.78 Å². The molecular formula is C49H45N3O. The first-order valence-electron chi connectivity index (χ1n) is 18.3. The molecule has 0 spiro atoms. The number of carbonyl (C=O) groups excluding carboxylic acids is 1. The van der Waals surface area contributed by atoms with Crippen molar-refractivity contribution >= 4 is 5.78 Å². The van der Waals surface area contributed by atoms with Crippen LogP contribution in [0.15, 0.2) is 164 Å². The zero-order valence-corrected chi connectivity index (χ0v) is 31.0. The van der Waals surface area contributed by atoms with Crippen LogP contribution in [-0.2, 0) is 30.1 Å². The highest BCUT2D eigenvalue weighted by atomic mass is 16.1. The fourth-order valence-electron chi connectivity index (χ4n) is 7.15. The molecule has 0 atom stereocenters. The second-order valence-electron chi connectivity index (χ2n) is 15.3. The quantitative estimate of drug-likeness (QED) is 0.120. The Morgan fingerprint density at radius 2 is 0.981 bits per heavy atom. The van der Waals surface area contributed by atoms with Gasteiger partial charge in [0.1, 0.15) is 0 Å². The monoisotopic (exact) mass is 691 g/mol. The van der Waals surface area contributed by atoms with E-state index >= 15 is 0 Å². The lowest BCUT2D eigenvalue weighted by molar-refractivity contribution is 0.0992. The van der Waals surface area contributed by atoms with Crippen molar-refractivity contribution in [1.29, 1.82) is 0 Å². The molecular weight excluding hydrogens is 647 g/mol. The second kappa shape index (κ2) is 15.3. The summed E-state index contributed by atoms with van der Waals surface area (Å²) in [6.07, 6.45) is 7.50. The minimum absolute atomic E-state index is 0.0894. The number of hydrogen-bond donors (Lipinski definition) is 0. The summed E-state index contributed by atoms with van der Waals surface area (Å²) >= 11 is 0. The SMILES string of the molecule is CC(C)(Cc1cc(CC(C)(C)c2ccc(-c3ccccc3)nc2)cc(C(=O)Cc2ccc(-c3ccccc3)nc2)c1)c1ccc(-c2ccccn2)cc1. The van der Waals surface area contributed by atoms with Gasteiger partial charge in [-0.15, -0.1) is 0 Å². The Bertz CT molecular complexity index is 2160. The van der Waals surface area contributed by atoms with Crippen molar-refractivity contribution in [2.75, 3.05) is 0 Å². The van der Waals surface area contributed by atoms with Crippen LogP contribution in [0.3, 0.4) is 0 Å². The lowest BCUT2D eigenvalue weighted by Gasteiger charge is -2.28. The van der Waals surface area contributed by atoms with Gasteiger partial charge in [-0.1, -0.05) is 137 Å². The van der Waals surface area contributed by atoms with Crippen LogP contribution in [-0.4, -0.2) is 20.7 Å². The van der Waals surface area contributed by atoms with Gasteiger partial charge in [0.05, 0.1) is 17.1 Å². The van der Waals surface area contributed by atoms with Gasteiger partial charge in [-0.05, 0) is 87.9 Å². The molecule has 0 saturated heterocycles. The predicted molar refractivity (Wildman–Crippen MR) is 217 cm³/mol. The van der Waals surface area contributed by atoms with E-state index in [1.807, 2.05) is 97.5 Å². The molecule has 3 aromatic heterocycles. The number of benzene rings is 4. The van der Waals surface area contributed by atoms with E-state index in [4.69, 9.17) is 4.98 Å². The molecule has 0 bridgehead atoms. The first-order chi connectivity index (χ1) is 25.6. The third kappa shape index (κ3) is 8.56. The van der Waals surface area contributed by atoms with Crippen molar-refractivity contribution in [3.8, 4) is 33.8 Å². The normalized spacial score (nSPS) is 11.7. The van der Waals surface area contributed by atoms with E-state index in [-0.39, 0.29) is 23.0 Å². The largest absolute Gasteiger partial charge is 0.294 e. The zero-order valence-electron chi connectivity index (χ0n) is 31.0. The lowest BCUT2D eigenvalue weighted by atomic mass is 9.76. The van der Waals surface area contributed by atoms with Crippen molar-refractivity contribution in [3.63, 3.8) is 0 Å². The van der Waals surface area contributed by atoms with Crippen molar-refractivity contribution < 1.29 is 4.79 Å². The number of rotatable bonds is 12. The Morgan fingerprint density at radius 3 is 1.51 bits per heavy atom. The molecule has 0 aliphatic heterocycles. The van der Waals surface area contributed by atoms with Crippen LogP contribution in [0.5, 0.6) is 0 Å². The van der Waals surface area contributed by atoms with Crippen LogP contribution in [0.2, 0.25) is 0 Å². The van der Waals surface area contributed by atoms with Crippen LogP contribution < -0.4 is 0 Å².